The smallest absolute Gasteiger partial charge is 0.310 e. The second kappa shape index (κ2) is 16.1. The minimum absolute atomic E-state index is 0.0614. The maximum atomic E-state index is 12.7. The number of carbonyl (C=O) groups is 2. The van der Waals surface area contributed by atoms with Gasteiger partial charge in [-0.25, -0.2) is 4.98 Å². The van der Waals surface area contributed by atoms with Crippen LogP contribution in [0.15, 0.2) is 60.7 Å². The van der Waals surface area contributed by atoms with Crippen molar-refractivity contribution in [2.24, 2.45) is 11.3 Å². The molecule has 0 saturated heterocycles. The quantitative estimate of drug-likeness (QED) is 0.152. The molecule has 0 aliphatic heterocycles. The summed E-state index contributed by atoms with van der Waals surface area (Å²) in [4.78, 5) is 29.1. The van der Waals surface area contributed by atoms with Crippen LogP contribution in [0.3, 0.4) is 0 Å². The van der Waals surface area contributed by atoms with Crippen molar-refractivity contribution in [2.45, 2.75) is 78.6 Å². The number of carboxylic acids is 1. The molecule has 0 unspecified atom stereocenters. The molecule has 3 aromatic rings. The van der Waals surface area contributed by atoms with E-state index in [-0.39, 0.29) is 12.3 Å². The van der Waals surface area contributed by atoms with Gasteiger partial charge in [-0.15, -0.1) is 0 Å². The van der Waals surface area contributed by atoms with Gasteiger partial charge in [0.05, 0.1) is 24.3 Å². The number of unbranched alkanes of at least 4 members (excludes halogenated alkanes) is 1. The van der Waals surface area contributed by atoms with Gasteiger partial charge in [-0.2, -0.15) is 0 Å². The van der Waals surface area contributed by atoms with Crippen molar-refractivity contribution in [3.63, 3.8) is 0 Å². The zero-order chi connectivity index (χ0) is 31.4. The van der Waals surface area contributed by atoms with Gasteiger partial charge >= 0.3 is 5.97 Å². The average molecular weight is 599 g/mol. The van der Waals surface area contributed by atoms with E-state index in [4.69, 9.17) is 14.5 Å². The van der Waals surface area contributed by atoms with E-state index in [1.165, 1.54) is 24.8 Å². The molecule has 7 nitrogen and oxygen atoms in total. The first-order chi connectivity index (χ1) is 21.3. The molecule has 0 bridgehead atoms. The molecule has 1 fully saturated rings. The minimum Gasteiger partial charge on any atom is -0.493 e. The zero-order valence-electron chi connectivity index (χ0n) is 26.3. The van der Waals surface area contributed by atoms with Crippen LogP contribution in [0.4, 0.5) is 5.69 Å². The Hall–Kier alpha value is -4.13. The van der Waals surface area contributed by atoms with Crippen LogP contribution in [0.2, 0.25) is 0 Å². The van der Waals surface area contributed by atoms with Gasteiger partial charge in [-0.05, 0) is 105 Å². The lowest BCUT2D eigenvalue weighted by Crippen LogP contribution is -2.34. The Bertz CT molecular complexity index is 1410. The predicted molar refractivity (Wildman–Crippen MR) is 176 cm³/mol. The lowest BCUT2D eigenvalue weighted by Gasteiger charge is -2.25. The topological polar surface area (TPSA) is 97.8 Å². The van der Waals surface area contributed by atoms with Crippen molar-refractivity contribution in [3.8, 4) is 11.6 Å². The average Bonchev–Trinajstić information content (AvgIpc) is 3.00. The third-order valence-corrected chi connectivity index (χ3v) is 8.76. The van der Waals surface area contributed by atoms with E-state index in [2.05, 4.69) is 29.6 Å². The van der Waals surface area contributed by atoms with E-state index in [0.717, 1.165) is 54.4 Å². The van der Waals surface area contributed by atoms with Crippen molar-refractivity contribution < 1.29 is 24.2 Å². The highest BCUT2D eigenvalue weighted by Crippen LogP contribution is 2.31. The number of aromatic nitrogens is 1. The third kappa shape index (κ3) is 9.43. The molecule has 4 rings (SSSR count). The predicted octanol–water partition coefficient (Wildman–Crippen LogP) is 8.36. The maximum absolute atomic E-state index is 12.7. The van der Waals surface area contributed by atoms with Crippen LogP contribution in [0, 0.1) is 18.3 Å². The van der Waals surface area contributed by atoms with Gasteiger partial charge in [-0.1, -0.05) is 56.7 Å². The van der Waals surface area contributed by atoms with E-state index >= 15 is 0 Å². The Kier molecular flexibility index (Phi) is 12.0. The highest BCUT2D eigenvalue weighted by Gasteiger charge is 2.37. The number of benzene rings is 2. The van der Waals surface area contributed by atoms with Crippen molar-refractivity contribution in [3.05, 3.63) is 83.0 Å². The first-order valence-corrected chi connectivity index (χ1v) is 15.9. The fourth-order valence-corrected chi connectivity index (χ4v) is 5.29. The summed E-state index contributed by atoms with van der Waals surface area (Å²) in [5.41, 5.74) is 3.62. The molecular weight excluding hydrogens is 552 g/mol. The molecule has 1 aliphatic rings. The van der Waals surface area contributed by atoms with Gasteiger partial charge in [0.1, 0.15) is 5.75 Å². The largest absolute Gasteiger partial charge is 0.493 e. The molecule has 1 aromatic heterocycles. The lowest BCUT2D eigenvalue weighted by molar-refractivity contribution is -0.151. The number of ether oxygens (including phenoxy) is 2. The van der Waals surface area contributed by atoms with E-state index in [1.54, 1.807) is 19.9 Å². The van der Waals surface area contributed by atoms with Gasteiger partial charge in [0.15, 0.2) is 0 Å². The van der Waals surface area contributed by atoms with Crippen LogP contribution in [-0.4, -0.2) is 35.2 Å². The number of hydrogen-bond acceptors (Lipinski definition) is 5. The zero-order valence-corrected chi connectivity index (χ0v) is 26.3. The van der Waals surface area contributed by atoms with Crippen LogP contribution >= 0.6 is 0 Å². The van der Waals surface area contributed by atoms with Crippen LogP contribution in [0.1, 0.15) is 87.6 Å². The van der Waals surface area contributed by atoms with Crippen molar-refractivity contribution in [1.29, 1.82) is 0 Å². The normalized spacial score (nSPS) is 13.4. The summed E-state index contributed by atoms with van der Waals surface area (Å²) in [6.07, 6.45) is 11.5. The van der Waals surface area contributed by atoms with Gasteiger partial charge < -0.3 is 19.9 Å². The summed E-state index contributed by atoms with van der Waals surface area (Å²) in [5, 5.41) is 12.5. The molecular formula is C37H46N2O5. The number of amides is 1. The molecule has 1 saturated carbocycles. The molecule has 0 radical (unpaired) electrons. The Morgan fingerprint density at radius 2 is 1.77 bits per heavy atom. The summed E-state index contributed by atoms with van der Waals surface area (Å²) in [6, 6.07) is 19.8. The lowest BCUT2D eigenvalue weighted by atomic mass is 9.79. The Morgan fingerprint density at radius 1 is 1.00 bits per heavy atom. The fraction of sp³-hybridized carbons (Fsp3) is 0.432. The Balaban J connectivity index is 1.23. The monoisotopic (exact) mass is 598 g/mol. The first-order valence-electron chi connectivity index (χ1n) is 15.9. The number of aryl methyl sites for hydroxylation is 2. The second-order valence-electron chi connectivity index (χ2n) is 11.9. The molecule has 0 atom stereocenters. The van der Waals surface area contributed by atoms with Crippen LogP contribution in [-0.2, 0) is 16.0 Å². The van der Waals surface area contributed by atoms with Gasteiger partial charge in [0.2, 0.25) is 11.8 Å². The number of pyridine rings is 1. The SMILES string of the molecule is CCC(CC)(CC(=O)Nc1cccc(/C=C/c2nc(OCCCCc3ccc(OCC4CCC4)cc3)ccc2C)c1)C(=O)O. The summed E-state index contributed by atoms with van der Waals surface area (Å²) in [7, 11) is 0. The number of hydrogen-bond donors (Lipinski definition) is 2. The molecule has 234 valence electrons. The molecule has 1 amide bonds. The van der Waals surface area contributed by atoms with Crippen LogP contribution in [0.5, 0.6) is 11.6 Å². The van der Waals surface area contributed by atoms with Crippen LogP contribution < -0.4 is 14.8 Å². The number of carbonyl (C=O) groups excluding carboxylic acids is 1. The van der Waals surface area contributed by atoms with E-state index < -0.39 is 11.4 Å². The van der Waals surface area contributed by atoms with Gasteiger partial charge in [-0.3, -0.25) is 9.59 Å². The minimum atomic E-state index is -1.05. The number of rotatable bonds is 17. The number of carboxylic acid groups (broad SMARTS) is 1. The summed E-state index contributed by atoms with van der Waals surface area (Å²) >= 11 is 0. The Labute approximate surface area is 261 Å². The molecule has 0 spiro atoms. The maximum Gasteiger partial charge on any atom is 0.310 e. The fourth-order valence-electron chi connectivity index (χ4n) is 5.29. The summed E-state index contributed by atoms with van der Waals surface area (Å²) in [6.45, 7) is 7.06. The number of anilines is 1. The molecule has 44 heavy (non-hydrogen) atoms. The van der Waals surface area contributed by atoms with Gasteiger partial charge in [0, 0.05) is 18.2 Å². The number of aliphatic carboxylic acids is 1. The van der Waals surface area contributed by atoms with Gasteiger partial charge in [0.25, 0.3) is 0 Å². The molecule has 2 aromatic carbocycles. The highest BCUT2D eigenvalue weighted by atomic mass is 16.5. The van der Waals surface area contributed by atoms with Crippen LogP contribution in [0.25, 0.3) is 12.2 Å². The Morgan fingerprint density at radius 3 is 2.45 bits per heavy atom. The molecule has 1 heterocycles. The third-order valence-electron chi connectivity index (χ3n) is 8.76. The molecule has 7 heteroatoms. The summed E-state index contributed by atoms with van der Waals surface area (Å²) < 4.78 is 11.9. The molecule has 2 N–H and O–H groups in total. The van der Waals surface area contributed by atoms with Crippen molar-refractivity contribution >= 4 is 29.7 Å². The van der Waals surface area contributed by atoms with E-state index in [1.807, 2.05) is 49.4 Å². The van der Waals surface area contributed by atoms with Crippen molar-refractivity contribution in [1.82, 2.24) is 4.98 Å². The van der Waals surface area contributed by atoms with E-state index in [0.29, 0.717) is 31.0 Å². The summed E-state index contributed by atoms with van der Waals surface area (Å²) in [5.74, 6) is 1.06. The standard InChI is InChI=1S/C37H46N2O5/c1-4-37(5-2,36(41)42)25-34(40)38-31-14-9-11-29(24-31)18-21-33-27(3)15-22-35(39-33)43-23-7-6-10-28-16-19-32(20-17-28)44-26-30-12-8-13-30/h9,11,14-22,24,30H,4-8,10,12-13,23,25-26H2,1-3H3,(H,38,40)(H,41,42)/b21-18+. The van der Waals surface area contributed by atoms with E-state index in [9.17, 15) is 14.7 Å². The molecule has 1 aliphatic carbocycles. The first kappa shape index (κ1) is 32.8. The second-order valence-corrected chi connectivity index (χ2v) is 11.9. The number of nitrogens with one attached hydrogen (secondary N) is 1. The van der Waals surface area contributed by atoms with Crippen molar-refractivity contribution in [2.75, 3.05) is 18.5 Å². The number of nitrogens with zero attached hydrogens (tertiary/aromatic N) is 1. The highest BCUT2D eigenvalue weighted by molar-refractivity contribution is 5.94.